The molecule has 1 unspecified atom stereocenters. The number of hydrogen-bond donors (Lipinski definition) is 0. The second-order valence-corrected chi connectivity index (χ2v) is 3.98. The van der Waals surface area contributed by atoms with Gasteiger partial charge in [0.05, 0.1) is 19.3 Å². The highest BCUT2D eigenvalue weighted by atomic mass is 16.6. The lowest BCUT2D eigenvalue weighted by Crippen LogP contribution is -2.19. The average Bonchev–Trinajstić information content (AvgIpc) is 2.44. The van der Waals surface area contributed by atoms with Crippen molar-refractivity contribution in [3.8, 4) is 5.75 Å². The van der Waals surface area contributed by atoms with E-state index in [1.54, 1.807) is 31.2 Å². The Balaban J connectivity index is 3.15. The van der Waals surface area contributed by atoms with Crippen LogP contribution in [0.2, 0.25) is 0 Å². The fourth-order valence-electron chi connectivity index (χ4n) is 1.70. The smallest absolute Gasteiger partial charge is 0.337 e. The molecule has 0 aliphatic rings. The van der Waals surface area contributed by atoms with E-state index in [1.165, 1.54) is 14.0 Å². The Labute approximate surface area is 118 Å². The van der Waals surface area contributed by atoms with Crippen LogP contribution in [0.25, 0.3) is 0 Å². The molecule has 5 heteroatoms. The zero-order valence-electron chi connectivity index (χ0n) is 11.8. The summed E-state index contributed by atoms with van der Waals surface area (Å²) < 4.78 is 15.3. The predicted molar refractivity (Wildman–Crippen MR) is 73.3 cm³/mol. The van der Waals surface area contributed by atoms with E-state index in [1.807, 2.05) is 0 Å². The highest BCUT2D eigenvalue weighted by Crippen LogP contribution is 2.32. The number of rotatable bonds is 6. The molecule has 0 saturated heterocycles. The molecule has 0 amide bonds. The summed E-state index contributed by atoms with van der Waals surface area (Å²) >= 11 is 0. The predicted octanol–water partition coefficient (Wildman–Crippen LogP) is 2.42. The number of ether oxygens (including phenoxy) is 3. The zero-order valence-corrected chi connectivity index (χ0v) is 11.8. The standard InChI is InChI=1S/C15H18O5/c1-5-19-15(17)10(2)14(20-11(3)16)12-8-6-7-9-13(12)18-4/h6-9,14H,2,5H2,1,3-4H3. The van der Waals surface area contributed by atoms with Gasteiger partial charge in [0, 0.05) is 12.5 Å². The SMILES string of the molecule is C=C(C(=O)OCC)C(OC(C)=O)c1ccccc1OC. The Hall–Kier alpha value is -2.30. The third-order valence-electron chi connectivity index (χ3n) is 2.56. The lowest BCUT2D eigenvalue weighted by molar-refractivity contribution is -0.147. The van der Waals surface area contributed by atoms with Crippen LogP contribution in [0.4, 0.5) is 0 Å². The quantitative estimate of drug-likeness (QED) is 0.590. The van der Waals surface area contributed by atoms with Gasteiger partial charge in [0.1, 0.15) is 5.75 Å². The molecule has 0 fully saturated rings. The second-order valence-electron chi connectivity index (χ2n) is 3.98. The molecule has 0 N–H and O–H groups in total. The van der Waals surface area contributed by atoms with Crippen LogP contribution < -0.4 is 4.74 Å². The molecule has 1 rings (SSSR count). The number of hydrogen-bond acceptors (Lipinski definition) is 5. The first-order valence-corrected chi connectivity index (χ1v) is 6.17. The molecule has 0 aliphatic heterocycles. The van der Waals surface area contributed by atoms with E-state index in [-0.39, 0.29) is 12.2 Å². The van der Waals surface area contributed by atoms with Crippen LogP contribution in [0.15, 0.2) is 36.4 Å². The topological polar surface area (TPSA) is 61.8 Å². The van der Waals surface area contributed by atoms with Crippen LogP contribution in [0.3, 0.4) is 0 Å². The van der Waals surface area contributed by atoms with Gasteiger partial charge < -0.3 is 14.2 Å². The lowest BCUT2D eigenvalue weighted by atomic mass is 10.0. The van der Waals surface area contributed by atoms with E-state index in [9.17, 15) is 9.59 Å². The van der Waals surface area contributed by atoms with Crippen molar-refractivity contribution in [3.05, 3.63) is 42.0 Å². The number of esters is 2. The van der Waals surface area contributed by atoms with Crippen molar-refractivity contribution in [2.45, 2.75) is 20.0 Å². The molecule has 0 aromatic heterocycles. The summed E-state index contributed by atoms with van der Waals surface area (Å²) in [6, 6.07) is 6.95. The van der Waals surface area contributed by atoms with Crippen molar-refractivity contribution in [2.75, 3.05) is 13.7 Å². The molecule has 0 aliphatic carbocycles. The van der Waals surface area contributed by atoms with Crippen LogP contribution in [0.1, 0.15) is 25.5 Å². The molecule has 0 heterocycles. The van der Waals surface area contributed by atoms with Crippen molar-refractivity contribution in [2.24, 2.45) is 0 Å². The zero-order chi connectivity index (χ0) is 15.1. The van der Waals surface area contributed by atoms with Gasteiger partial charge in [0.25, 0.3) is 0 Å². The van der Waals surface area contributed by atoms with Crippen LogP contribution in [0.5, 0.6) is 5.75 Å². The van der Waals surface area contributed by atoms with Gasteiger partial charge in [0.2, 0.25) is 0 Å². The van der Waals surface area contributed by atoms with Crippen molar-refractivity contribution in [1.82, 2.24) is 0 Å². The normalized spacial score (nSPS) is 11.3. The molecule has 5 nitrogen and oxygen atoms in total. The minimum absolute atomic E-state index is 0.0477. The van der Waals surface area contributed by atoms with E-state index in [0.717, 1.165) is 0 Å². The van der Waals surface area contributed by atoms with Crippen LogP contribution in [-0.4, -0.2) is 25.7 Å². The Bertz CT molecular complexity index is 507. The molecule has 1 aromatic rings. The van der Waals surface area contributed by atoms with Gasteiger partial charge in [-0.05, 0) is 13.0 Å². The summed E-state index contributed by atoms with van der Waals surface area (Å²) in [6.45, 7) is 6.84. The van der Waals surface area contributed by atoms with Gasteiger partial charge in [-0.3, -0.25) is 4.79 Å². The van der Waals surface area contributed by atoms with Crippen molar-refractivity contribution in [3.63, 3.8) is 0 Å². The second kappa shape index (κ2) is 7.33. The Kier molecular flexibility index (Phi) is 5.77. The summed E-state index contributed by atoms with van der Waals surface area (Å²) in [6.07, 6.45) is -0.928. The van der Waals surface area contributed by atoms with Crippen LogP contribution >= 0.6 is 0 Å². The first-order chi connectivity index (χ1) is 9.51. The molecule has 0 spiro atoms. The maximum Gasteiger partial charge on any atom is 0.337 e. The van der Waals surface area contributed by atoms with Gasteiger partial charge in [-0.1, -0.05) is 24.8 Å². The summed E-state index contributed by atoms with van der Waals surface area (Å²) in [5.41, 5.74) is 0.592. The Morgan fingerprint density at radius 2 is 1.95 bits per heavy atom. The summed E-state index contributed by atoms with van der Waals surface area (Å²) in [5, 5.41) is 0. The molecule has 0 saturated carbocycles. The molecule has 1 aromatic carbocycles. The fourth-order valence-corrected chi connectivity index (χ4v) is 1.70. The van der Waals surface area contributed by atoms with Gasteiger partial charge in [-0.25, -0.2) is 4.79 Å². The van der Waals surface area contributed by atoms with Crippen molar-refractivity contribution >= 4 is 11.9 Å². The lowest BCUT2D eigenvalue weighted by Gasteiger charge is -2.20. The van der Waals surface area contributed by atoms with Gasteiger partial charge >= 0.3 is 11.9 Å². The van der Waals surface area contributed by atoms with E-state index in [4.69, 9.17) is 14.2 Å². The minimum atomic E-state index is -0.928. The monoisotopic (exact) mass is 278 g/mol. The minimum Gasteiger partial charge on any atom is -0.496 e. The summed E-state index contributed by atoms with van der Waals surface area (Å²) in [5.74, 6) is -0.625. The highest BCUT2D eigenvalue weighted by molar-refractivity contribution is 5.89. The summed E-state index contributed by atoms with van der Waals surface area (Å²) in [7, 11) is 1.50. The van der Waals surface area contributed by atoms with E-state index < -0.39 is 18.0 Å². The summed E-state index contributed by atoms with van der Waals surface area (Å²) in [4.78, 5) is 23.0. The molecule has 1 atom stereocenters. The maximum atomic E-state index is 11.8. The average molecular weight is 278 g/mol. The Morgan fingerprint density at radius 1 is 1.30 bits per heavy atom. The molecular formula is C15H18O5. The largest absolute Gasteiger partial charge is 0.496 e. The van der Waals surface area contributed by atoms with E-state index in [0.29, 0.717) is 11.3 Å². The molecule has 0 radical (unpaired) electrons. The van der Waals surface area contributed by atoms with Gasteiger partial charge in [0.15, 0.2) is 6.10 Å². The van der Waals surface area contributed by atoms with Gasteiger partial charge in [-0.15, -0.1) is 0 Å². The number of para-hydroxylation sites is 1. The number of methoxy groups -OCH3 is 1. The third-order valence-corrected chi connectivity index (χ3v) is 2.56. The number of benzene rings is 1. The molecule has 20 heavy (non-hydrogen) atoms. The highest BCUT2D eigenvalue weighted by Gasteiger charge is 2.27. The third kappa shape index (κ3) is 3.85. The maximum absolute atomic E-state index is 11.8. The van der Waals surface area contributed by atoms with Crippen molar-refractivity contribution < 1.29 is 23.8 Å². The van der Waals surface area contributed by atoms with Crippen LogP contribution in [-0.2, 0) is 19.1 Å². The van der Waals surface area contributed by atoms with Crippen molar-refractivity contribution in [1.29, 1.82) is 0 Å². The first kappa shape index (κ1) is 15.8. The van der Waals surface area contributed by atoms with Gasteiger partial charge in [-0.2, -0.15) is 0 Å². The van der Waals surface area contributed by atoms with Crippen LogP contribution in [0, 0.1) is 0 Å². The molecule has 0 bridgehead atoms. The fraction of sp³-hybridized carbons (Fsp3) is 0.333. The molecule has 108 valence electrons. The van der Waals surface area contributed by atoms with E-state index in [2.05, 4.69) is 6.58 Å². The number of carbonyl (C=O) groups excluding carboxylic acids is 2. The molecular weight excluding hydrogens is 260 g/mol. The first-order valence-electron chi connectivity index (χ1n) is 6.17. The number of carbonyl (C=O) groups is 2. The Morgan fingerprint density at radius 3 is 2.50 bits per heavy atom. The van der Waals surface area contributed by atoms with E-state index >= 15 is 0 Å².